The Kier molecular flexibility index (Phi) is 6.72. The molecule has 1 aromatic heterocycles. The first-order valence-corrected chi connectivity index (χ1v) is 10.5. The predicted molar refractivity (Wildman–Crippen MR) is 117 cm³/mol. The van der Waals surface area contributed by atoms with Gasteiger partial charge >= 0.3 is 0 Å². The summed E-state index contributed by atoms with van der Waals surface area (Å²) in [6.45, 7) is 8.06. The smallest absolute Gasteiger partial charge is 0.225 e. The molecular formula is C22H25N5S. The number of aromatic nitrogens is 2. The van der Waals surface area contributed by atoms with Gasteiger partial charge in [0.2, 0.25) is 5.95 Å². The summed E-state index contributed by atoms with van der Waals surface area (Å²) in [7, 11) is 0. The molecule has 0 aliphatic carbocycles. The molecule has 0 amide bonds. The molecule has 5 nitrogen and oxygen atoms in total. The van der Waals surface area contributed by atoms with Crippen LogP contribution in [-0.2, 0) is 0 Å². The van der Waals surface area contributed by atoms with Crippen LogP contribution in [0.3, 0.4) is 0 Å². The second-order valence-electron chi connectivity index (χ2n) is 6.65. The third-order valence-corrected chi connectivity index (χ3v) is 5.33. The molecule has 1 N–H and O–H groups in total. The zero-order chi connectivity index (χ0) is 19.9. The lowest BCUT2D eigenvalue weighted by atomic mass is 10.1. The molecule has 0 unspecified atom stereocenters. The Hall–Kier alpha value is -2.78. The van der Waals surface area contributed by atoms with Crippen LogP contribution in [-0.4, -0.2) is 23.1 Å². The monoisotopic (exact) mass is 391 g/mol. The standard InChI is InChI=1S/C22H25N5S/c1-4-11-27(12-5-2)22-24-14-16(3)20(26-22)18(13-23)21-25-19(15-28-21)17-9-7-6-8-10-17/h6-10,14-15,25H,4-5,11-12H2,1-3H3. The highest BCUT2D eigenvalue weighted by atomic mass is 32.2. The minimum Gasteiger partial charge on any atom is -0.348 e. The van der Waals surface area contributed by atoms with Crippen LogP contribution in [0.5, 0.6) is 0 Å². The number of allylic oxidation sites excluding steroid dienone is 1. The topological polar surface area (TPSA) is 64.8 Å². The maximum Gasteiger partial charge on any atom is 0.225 e. The van der Waals surface area contributed by atoms with Crippen molar-refractivity contribution in [3.63, 3.8) is 0 Å². The maximum absolute atomic E-state index is 9.90. The Morgan fingerprint density at radius 3 is 2.54 bits per heavy atom. The van der Waals surface area contributed by atoms with E-state index in [9.17, 15) is 5.26 Å². The second-order valence-corrected chi connectivity index (χ2v) is 7.52. The highest BCUT2D eigenvalue weighted by Crippen LogP contribution is 2.35. The normalized spacial score (nSPS) is 14.9. The number of aryl methyl sites for hydroxylation is 1. The Morgan fingerprint density at radius 2 is 1.89 bits per heavy atom. The van der Waals surface area contributed by atoms with Crippen LogP contribution in [0.4, 0.5) is 5.95 Å². The van der Waals surface area contributed by atoms with Crippen LogP contribution in [0.15, 0.2) is 47.0 Å². The Balaban J connectivity index is 1.94. The van der Waals surface area contributed by atoms with Gasteiger partial charge in [-0.05, 0) is 30.9 Å². The van der Waals surface area contributed by atoms with Gasteiger partial charge in [-0.1, -0.05) is 55.9 Å². The summed E-state index contributed by atoms with van der Waals surface area (Å²) in [5, 5.41) is 16.1. The van der Waals surface area contributed by atoms with Gasteiger partial charge in [-0.3, -0.25) is 0 Å². The quantitative estimate of drug-likeness (QED) is 0.675. The summed E-state index contributed by atoms with van der Waals surface area (Å²) in [6.07, 6.45) is 3.88. The predicted octanol–water partition coefficient (Wildman–Crippen LogP) is 4.94. The number of thioether (sulfide) groups is 1. The number of hydrogen-bond acceptors (Lipinski definition) is 6. The molecule has 6 heteroatoms. The van der Waals surface area contributed by atoms with Crippen molar-refractivity contribution in [2.45, 2.75) is 33.6 Å². The summed E-state index contributed by atoms with van der Waals surface area (Å²) >= 11 is 1.53. The number of benzene rings is 1. The SMILES string of the molecule is CCCN(CCC)c1ncc(C)c(C(C#N)=C2NC(c3ccccc3)=CS2)n1. The zero-order valence-electron chi connectivity index (χ0n) is 16.6. The molecule has 0 spiro atoms. The number of anilines is 1. The number of nitrogens with one attached hydrogen (secondary N) is 1. The average molecular weight is 392 g/mol. The van der Waals surface area contributed by atoms with Gasteiger partial charge in [0, 0.05) is 24.7 Å². The summed E-state index contributed by atoms with van der Waals surface area (Å²) in [4.78, 5) is 11.5. The molecule has 0 radical (unpaired) electrons. The minimum absolute atomic E-state index is 0.557. The number of rotatable bonds is 7. The number of nitrogens with zero attached hydrogens (tertiary/aromatic N) is 4. The lowest BCUT2D eigenvalue weighted by Crippen LogP contribution is -2.27. The van der Waals surface area contributed by atoms with E-state index in [-0.39, 0.29) is 0 Å². The molecule has 3 rings (SSSR count). The molecule has 1 aliphatic heterocycles. The van der Waals surface area contributed by atoms with Gasteiger partial charge < -0.3 is 10.2 Å². The maximum atomic E-state index is 9.90. The Bertz CT molecular complexity index is 922. The van der Waals surface area contributed by atoms with Gasteiger partial charge in [-0.25, -0.2) is 9.97 Å². The molecule has 2 aromatic rings. The third-order valence-electron chi connectivity index (χ3n) is 4.43. The highest BCUT2D eigenvalue weighted by Gasteiger charge is 2.21. The van der Waals surface area contributed by atoms with E-state index >= 15 is 0 Å². The first kappa shape index (κ1) is 20.0. The van der Waals surface area contributed by atoms with Crippen molar-refractivity contribution < 1.29 is 0 Å². The summed E-state index contributed by atoms with van der Waals surface area (Å²) in [6, 6.07) is 12.5. The van der Waals surface area contributed by atoms with Gasteiger partial charge in [-0.15, -0.1) is 0 Å². The molecule has 0 saturated carbocycles. The van der Waals surface area contributed by atoms with Crippen molar-refractivity contribution >= 4 is 29.0 Å². The average Bonchev–Trinajstić information content (AvgIpc) is 3.20. The fraction of sp³-hybridized carbons (Fsp3) is 0.318. The van der Waals surface area contributed by atoms with Gasteiger partial charge in [0.15, 0.2) is 0 Å². The van der Waals surface area contributed by atoms with Gasteiger partial charge in [0.05, 0.1) is 16.4 Å². The molecule has 28 heavy (non-hydrogen) atoms. The largest absolute Gasteiger partial charge is 0.348 e. The van der Waals surface area contributed by atoms with E-state index in [2.05, 4.69) is 47.3 Å². The fourth-order valence-corrected chi connectivity index (χ4v) is 3.94. The third kappa shape index (κ3) is 4.37. The van der Waals surface area contributed by atoms with Crippen LogP contribution < -0.4 is 10.2 Å². The van der Waals surface area contributed by atoms with E-state index in [0.717, 1.165) is 47.8 Å². The zero-order valence-corrected chi connectivity index (χ0v) is 17.4. The van der Waals surface area contributed by atoms with Crippen LogP contribution in [0.2, 0.25) is 0 Å². The number of hydrogen-bond donors (Lipinski definition) is 1. The molecule has 2 heterocycles. The lowest BCUT2D eigenvalue weighted by Gasteiger charge is -2.22. The van der Waals surface area contributed by atoms with Crippen LogP contribution in [0.25, 0.3) is 11.3 Å². The van der Waals surface area contributed by atoms with Gasteiger partial charge in [0.25, 0.3) is 0 Å². The molecule has 0 atom stereocenters. The first-order valence-electron chi connectivity index (χ1n) is 9.60. The fourth-order valence-electron chi connectivity index (χ4n) is 3.08. The van der Waals surface area contributed by atoms with Crippen molar-refractivity contribution in [1.82, 2.24) is 15.3 Å². The molecular weight excluding hydrogens is 366 g/mol. The molecule has 0 fully saturated rings. The molecule has 1 aliphatic rings. The van der Waals surface area contributed by atoms with Gasteiger partial charge in [-0.2, -0.15) is 5.26 Å². The highest BCUT2D eigenvalue weighted by molar-refractivity contribution is 8.06. The van der Waals surface area contributed by atoms with E-state index < -0.39 is 0 Å². The molecule has 0 saturated heterocycles. The Morgan fingerprint density at radius 1 is 1.18 bits per heavy atom. The van der Waals surface area contributed by atoms with E-state index in [0.29, 0.717) is 17.2 Å². The van der Waals surface area contributed by atoms with Crippen molar-refractivity contribution in [3.8, 4) is 6.07 Å². The van der Waals surface area contributed by atoms with Crippen molar-refractivity contribution in [3.05, 3.63) is 63.8 Å². The van der Waals surface area contributed by atoms with E-state index in [4.69, 9.17) is 4.98 Å². The summed E-state index contributed by atoms with van der Waals surface area (Å²) < 4.78 is 0. The van der Waals surface area contributed by atoms with Crippen LogP contribution in [0, 0.1) is 18.3 Å². The first-order chi connectivity index (χ1) is 13.7. The van der Waals surface area contributed by atoms with Gasteiger partial charge in [0.1, 0.15) is 11.6 Å². The Labute approximate surface area is 171 Å². The molecule has 0 bridgehead atoms. The summed E-state index contributed by atoms with van der Waals surface area (Å²) in [5.41, 5.74) is 4.25. The molecule has 1 aromatic carbocycles. The van der Waals surface area contributed by atoms with Crippen LogP contribution in [0.1, 0.15) is 43.5 Å². The van der Waals surface area contributed by atoms with E-state index in [1.54, 1.807) is 0 Å². The lowest BCUT2D eigenvalue weighted by molar-refractivity contribution is 0.719. The minimum atomic E-state index is 0.557. The van der Waals surface area contributed by atoms with E-state index in [1.807, 2.05) is 36.7 Å². The van der Waals surface area contributed by atoms with Crippen molar-refractivity contribution in [1.29, 1.82) is 5.26 Å². The van der Waals surface area contributed by atoms with Crippen LogP contribution >= 0.6 is 11.8 Å². The van der Waals surface area contributed by atoms with Crippen molar-refractivity contribution in [2.75, 3.05) is 18.0 Å². The molecule has 144 valence electrons. The van der Waals surface area contributed by atoms with Crippen molar-refractivity contribution in [2.24, 2.45) is 0 Å². The second kappa shape index (κ2) is 9.43. The van der Waals surface area contributed by atoms with E-state index in [1.165, 1.54) is 11.8 Å². The number of nitriles is 1. The summed E-state index contributed by atoms with van der Waals surface area (Å²) in [5.74, 6) is 0.692.